The Kier molecular flexibility index (Phi) is 5.63. The monoisotopic (exact) mass is 268 g/mol. The summed E-state index contributed by atoms with van der Waals surface area (Å²) in [6.45, 7) is 2.13. The van der Waals surface area contributed by atoms with E-state index in [0.717, 1.165) is 18.8 Å². The third-order valence-corrected chi connectivity index (χ3v) is 3.53. The minimum Gasteiger partial charge on any atom is -0.399 e. The summed E-state index contributed by atoms with van der Waals surface area (Å²) >= 11 is 0. The van der Waals surface area contributed by atoms with Gasteiger partial charge in [0.15, 0.2) is 0 Å². The highest BCUT2D eigenvalue weighted by Gasteiger charge is 2.00. The van der Waals surface area contributed by atoms with Gasteiger partial charge in [0.25, 0.3) is 0 Å². The Morgan fingerprint density at radius 2 is 1.55 bits per heavy atom. The summed E-state index contributed by atoms with van der Waals surface area (Å²) in [5.74, 6) is 0. The van der Waals surface area contributed by atoms with Crippen LogP contribution in [0, 0.1) is 0 Å². The predicted molar refractivity (Wildman–Crippen MR) is 86.6 cm³/mol. The van der Waals surface area contributed by atoms with Gasteiger partial charge < -0.3 is 10.6 Å². The van der Waals surface area contributed by atoms with Crippen LogP contribution < -0.4 is 5.73 Å². The van der Waals surface area contributed by atoms with Crippen LogP contribution >= 0.6 is 0 Å². The number of nitrogens with two attached hydrogens (primary N) is 1. The number of aryl methyl sites for hydroxylation is 1. The van der Waals surface area contributed by atoms with Crippen molar-refractivity contribution >= 4 is 5.69 Å². The minimum atomic E-state index is 0.833. The average molecular weight is 268 g/mol. The van der Waals surface area contributed by atoms with Gasteiger partial charge in [-0.05, 0) is 56.1 Å². The Balaban J connectivity index is 1.65. The Hall–Kier alpha value is -1.80. The molecule has 0 amide bonds. The quantitative estimate of drug-likeness (QED) is 0.612. The van der Waals surface area contributed by atoms with Crippen LogP contribution in [0.5, 0.6) is 0 Å². The van der Waals surface area contributed by atoms with E-state index in [1.807, 2.05) is 12.1 Å². The van der Waals surface area contributed by atoms with Crippen molar-refractivity contribution in [1.82, 2.24) is 4.90 Å². The third-order valence-electron chi connectivity index (χ3n) is 3.53. The zero-order chi connectivity index (χ0) is 14.2. The normalized spacial score (nSPS) is 10.9. The van der Waals surface area contributed by atoms with E-state index in [2.05, 4.69) is 54.4 Å². The van der Waals surface area contributed by atoms with E-state index in [0.29, 0.717) is 0 Å². The first-order valence-electron chi connectivity index (χ1n) is 7.31. The second-order valence-corrected chi connectivity index (χ2v) is 5.42. The fourth-order valence-corrected chi connectivity index (χ4v) is 2.37. The van der Waals surface area contributed by atoms with Crippen molar-refractivity contribution < 1.29 is 0 Å². The Morgan fingerprint density at radius 3 is 2.25 bits per heavy atom. The lowest BCUT2D eigenvalue weighted by Crippen LogP contribution is -2.19. The highest BCUT2D eigenvalue weighted by atomic mass is 15.1. The molecule has 0 aliphatic rings. The lowest BCUT2D eigenvalue weighted by atomic mass is 10.1. The maximum Gasteiger partial charge on any atom is 0.0314 e. The number of hydrogen-bond acceptors (Lipinski definition) is 2. The zero-order valence-electron chi connectivity index (χ0n) is 12.3. The second-order valence-electron chi connectivity index (χ2n) is 5.42. The van der Waals surface area contributed by atoms with E-state index < -0.39 is 0 Å². The van der Waals surface area contributed by atoms with Gasteiger partial charge in [0.05, 0.1) is 0 Å². The summed E-state index contributed by atoms with van der Waals surface area (Å²) in [7, 11) is 2.18. The van der Waals surface area contributed by atoms with E-state index in [9.17, 15) is 0 Å². The van der Waals surface area contributed by atoms with Crippen molar-refractivity contribution in [2.45, 2.75) is 25.8 Å². The van der Waals surface area contributed by atoms with Crippen LogP contribution in [-0.4, -0.2) is 18.5 Å². The highest BCUT2D eigenvalue weighted by Crippen LogP contribution is 2.09. The molecule has 2 rings (SSSR count). The summed E-state index contributed by atoms with van der Waals surface area (Å²) in [6.07, 6.45) is 3.66. The average Bonchev–Trinajstić information content (AvgIpc) is 2.47. The first-order chi connectivity index (χ1) is 9.74. The Morgan fingerprint density at radius 1 is 0.850 bits per heavy atom. The number of nitrogen functional groups attached to an aromatic ring is 1. The standard InChI is InChI=1S/C18H24N2/c1-20(15-17-10-12-18(19)13-11-17)14-6-5-9-16-7-3-2-4-8-16/h2-4,7-8,10-13H,5-6,9,14-15,19H2,1H3. The molecule has 0 aliphatic carbocycles. The molecule has 0 bridgehead atoms. The number of rotatable bonds is 7. The number of unbranched alkanes of at least 4 members (excludes halogenated alkanes) is 1. The molecule has 2 N–H and O–H groups in total. The Labute approximate surface area is 122 Å². The Bertz CT molecular complexity index is 491. The van der Waals surface area contributed by atoms with Crippen LogP contribution in [-0.2, 0) is 13.0 Å². The first kappa shape index (κ1) is 14.6. The molecule has 0 spiro atoms. The van der Waals surface area contributed by atoms with Crippen LogP contribution in [0.4, 0.5) is 5.69 Å². The zero-order valence-corrected chi connectivity index (χ0v) is 12.3. The molecule has 0 saturated heterocycles. The van der Waals surface area contributed by atoms with Crippen LogP contribution in [0.1, 0.15) is 24.0 Å². The molecular weight excluding hydrogens is 244 g/mol. The smallest absolute Gasteiger partial charge is 0.0314 e. The van der Waals surface area contributed by atoms with Crippen LogP contribution in [0.3, 0.4) is 0 Å². The third kappa shape index (κ3) is 5.06. The molecule has 0 heterocycles. The molecule has 0 aliphatic heterocycles. The summed E-state index contributed by atoms with van der Waals surface area (Å²) < 4.78 is 0. The number of nitrogens with zero attached hydrogens (tertiary/aromatic N) is 1. The van der Waals surface area contributed by atoms with Crippen molar-refractivity contribution in [2.24, 2.45) is 0 Å². The van der Waals surface area contributed by atoms with Gasteiger partial charge in [-0.2, -0.15) is 0 Å². The number of benzene rings is 2. The summed E-state index contributed by atoms with van der Waals surface area (Å²) in [5.41, 5.74) is 9.29. The van der Waals surface area contributed by atoms with Crippen molar-refractivity contribution in [3.63, 3.8) is 0 Å². The van der Waals surface area contributed by atoms with Gasteiger partial charge in [0.1, 0.15) is 0 Å². The van der Waals surface area contributed by atoms with Crippen LogP contribution in [0.15, 0.2) is 54.6 Å². The van der Waals surface area contributed by atoms with Crippen molar-refractivity contribution in [3.8, 4) is 0 Å². The highest BCUT2D eigenvalue weighted by molar-refractivity contribution is 5.39. The number of anilines is 1. The van der Waals surface area contributed by atoms with Gasteiger partial charge in [-0.3, -0.25) is 0 Å². The molecule has 0 atom stereocenters. The second kappa shape index (κ2) is 7.71. The van der Waals surface area contributed by atoms with Crippen molar-refractivity contribution in [3.05, 3.63) is 65.7 Å². The molecule has 0 unspecified atom stereocenters. The molecule has 0 radical (unpaired) electrons. The van der Waals surface area contributed by atoms with E-state index in [1.54, 1.807) is 0 Å². The molecule has 2 nitrogen and oxygen atoms in total. The lowest BCUT2D eigenvalue weighted by Gasteiger charge is -2.16. The predicted octanol–water partition coefficient (Wildman–Crippen LogP) is 3.72. The van der Waals surface area contributed by atoms with E-state index in [1.165, 1.54) is 30.4 Å². The molecule has 0 fully saturated rings. The molecular formula is C18H24N2. The first-order valence-corrected chi connectivity index (χ1v) is 7.31. The van der Waals surface area contributed by atoms with E-state index in [-0.39, 0.29) is 0 Å². The molecule has 0 saturated carbocycles. The summed E-state index contributed by atoms with van der Waals surface area (Å²) in [6, 6.07) is 18.9. The van der Waals surface area contributed by atoms with Gasteiger partial charge in [-0.1, -0.05) is 42.5 Å². The molecule has 106 valence electrons. The van der Waals surface area contributed by atoms with Gasteiger partial charge in [0, 0.05) is 12.2 Å². The van der Waals surface area contributed by atoms with Gasteiger partial charge in [-0.15, -0.1) is 0 Å². The fraction of sp³-hybridized carbons (Fsp3) is 0.333. The van der Waals surface area contributed by atoms with E-state index >= 15 is 0 Å². The van der Waals surface area contributed by atoms with E-state index in [4.69, 9.17) is 5.73 Å². The molecule has 2 heteroatoms. The van der Waals surface area contributed by atoms with Crippen molar-refractivity contribution in [1.29, 1.82) is 0 Å². The molecule has 2 aromatic rings. The summed E-state index contributed by atoms with van der Waals surface area (Å²) in [5, 5.41) is 0. The maximum atomic E-state index is 5.70. The molecule has 0 aromatic heterocycles. The van der Waals surface area contributed by atoms with Gasteiger partial charge in [-0.25, -0.2) is 0 Å². The largest absolute Gasteiger partial charge is 0.399 e. The maximum absolute atomic E-state index is 5.70. The van der Waals surface area contributed by atoms with Crippen molar-refractivity contribution in [2.75, 3.05) is 19.3 Å². The lowest BCUT2D eigenvalue weighted by molar-refractivity contribution is 0.319. The van der Waals surface area contributed by atoms with Crippen LogP contribution in [0.2, 0.25) is 0 Å². The number of hydrogen-bond donors (Lipinski definition) is 1. The minimum absolute atomic E-state index is 0.833. The SMILES string of the molecule is CN(CCCCc1ccccc1)Cc1ccc(N)cc1. The van der Waals surface area contributed by atoms with Gasteiger partial charge in [0.2, 0.25) is 0 Å². The van der Waals surface area contributed by atoms with Gasteiger partial charge >= 0.3 is 0 Å². The molecule has 2 aromatic carbocycles. The van der Waals surface area contributed by atoms with Crippen LogP contribution in [0.25, 0.3) is 0 Å². The molecule has 20 heavy (non-hydrogen) atoms. The topological polar surface area (TPSA) is 29.3 Å². The fourth-order valence-electron chi connectivity index (χ4n) is 2.37. The summed E-state index contributed by atoms with van der Waals surface area (Å²) in [4.78, 5) is 2.37.